The Morgan fingerprint density at radius 3 is 2.62 bits per heavy atom. The average Bonchev–Trinajstić information content (AvgIpc) is 2.58. The molecule has 1 amide bonds. The lowest BCUT2D eigenvalue weighted by Gasteiger charge is -2.21. The molecule has 0 N–H and O–H groups in total. The number of rotatable bonds is 7. The van der Waals surface area contributed by atoms with Gasteiger partial charge in [0, 0.05) is 18.3 Å². The first kappa shape index (κ1) is 17.2. The van der Waals surface area contributed by atoms with Crippen LogP contribution in [0.5, 0.6) is 5.75 Å². The van der Waals surface area contributed by atoms with Crippen LogP contribution in [-0.4, -0.2) is 24.0 Å². The fourth-order valence-corrected chi connectivity index (χ4v) is 2.19. The van der Waals surface area contributed by atoms with Gasteiger partial charge in [0.1, 0.15) is 0 Å². The number of hydrogen-bond acceptors (Lipinski definition) is 4. The van der Waals surface area contributed by atoms with Crippen molar-refractivity contribution in [2.75, 3.05) is 18.1 Å². The summed E-state index contributed by atoms with van der Waals surface area (Å²) >= 11 is 0. The zero-order valence-corrected chi connectivity index (χ0v) is 13.3. The van der Waals surface area contributed by atoms with Crippen LogP contribution in [0, 0.1) is 17.0 Å². The number of amides is 1. The Hall–Kier alpha value is -3.15. The summed E-state index contributed by atoms with van der Waals surface area (Å²) in [5.74, 6) is -0.225. The molecule has 2 rings (SSSR count). The molecule has 0 fully saturated rings. The van der Waals surface area contributed by atoms with Crippen molar-refractivity contribution in [3.8, 4) is 5.75 Å². The lowest BCUT2D eigenvalue weighted by atomic mass is 10.2. The molecule has 0 aliphatic carbocycles. The van der Waals surface area contributed by atoms with Gasteiger partial charge in [0.05, 0.1) is 4.92 Å². The van der Waals surface area contributed by atoms with E-state index >= 15 is 0 Å². The van der Waals surface area contributed by atoms with Crippen LogP contribution in [0.3, 0.4) is 0 Å². The van der Waals surface area contributed by atoms with E-state index < -0.39 is 4.92 Å². The molecule has 124 valence electrons. The van der Waals surface area contributed by atoms with Crippen LogP contribution in [0.1, 0.15) is 5.56 Å². The molecule has 0 aliphatic heterocycles. The summed E-state index contributed by atoms with van der Waals surface area (Å²) in [5.41, 5.74) is 1.36. The zero-order chi connectivity index (χ0) is 17.5. The molecule has 0 aromatic heterocycles. The largest absolute Gasteiger partial charge is 0.477 e. The molecule has 0 aliphatic rings. The van der Waals surface area contributed by atoms with Gasteiger partial charge < -0.3 is 9.64 Å². The number of para-hydroxylation sites is 1. The summed E-state index contributed by atoms with van der Waals surface area (Å²) in [6.45, 7) is 5.47. The molecule has 0 unspecified atom stereocenters. The van der Waals surface area contributed by atoms with Gasteiger partial charge in [-0.25, -0.2) is 0 Å². The zero-order valence-electron chi connectivity index (χ0n) is 13.3. The number of hydrogen-bond donors (Lipinski definition) is 0. The Morgan fingerprint density at radius 2 is 2.00 bits per heavy atom. The molecular formula is C18H18N2O4. The first-order chi connectivity index (χ1) is 11.5. The van der Waals surface area contributed by atoms with Gasteiger partial charge in [-0.05, 0) is 30.7 Å². The minimum Gasteiger partial charge on any atom is -0.477 e. The molecule has 0 radical (unpaired) electrons. The Kier molecular flexibility index (Phi) is 5.68. The van der Waals surface area contributed by atoms with Crippen LogP contribution < -0.4 is 9.64 Å². The smallest absolute Gasteiger partial charge is 0.310 e. The van der Waals surface area contributed by atoms with Crippen molar-refractivity contribution in [1.29, 1.82) is 0 Å². The van der Waals surface area contributed by atoms with Crippen molar-refractivity contribution in [2.24, 2.45) is 0 Å². The van der Waals surface area contributed by atoms with E-state index in [9.17, 15) is 14.9 Å². The van der Waals surface area contributed by atoms with Gasteiger partial charge in [-0.15, -0.1) is 6.58 Å². The van der Waals surface area contributed by atoms with Gasteiger partial charge in [0.25, 0.3) is 5.91 Å². The van der Waals surface area contributed by atoms with E-state index in [4.69, 9.17) is 4.74 Å². The number of anilines is 1. The van der Waals surface area contributed by atoms with Crippen molar-refractivity contribution in [3.63, 3.8) is 0 Å². The number of nitro benzene ring substituents is 1. The number of nitro groups is 1. The molecule has 0 saturated heterocycles. The minimum atomic E-state index is -0.530. The van der Waals surface area contributed by atoms with E-state index in [1.165, 1.54) is 11.0 Å². The highest BCUT2D eigenvalue weighted by atomic mass is 16.6. The molecule has 0 spiro atoms. The SMILES string of the molecule is C=CCN(C(=O)COc1cc(C)ccc1[N+](=O)[O-])c1ccccc1. The first-order valence-corrected chi connectivity index (χ1v) is 7.37. The number of aryl methyl sites for hydroxylation is 1. The van der Waals surface area contributed by atoms with Crippen LogP contribution in [0.4, 0.5) is 11.4 Å². The monoisotopic (exact) mass is 326 g/mol. The molecule has 2 aromatic rings. The molecule has 0 bridgehead atoms. The highest BCUT2D eigenvalue weighted by molar-refractivity contribution is 5.94. The van der Waals surface area contributed by atoms with Crippen molar-refractivity contribution in [3.05, 3.63) is 76.9 Å². The van der Waals surface area contributed by atoms with Crippen LogP contribution in [0.15, 0.2) is 61.2 Å². The second-order valence-corrected chi connectivity index (χ2v) is 5.15. The molecule has 0 saturated carbocycles. The molecule has 2 aromatic carbocycles. The lowest BCUT2D eigenvalue weighted by molar-refractivity contribution is -0.385. The number of nitrogens with zero attached hydrogens (tertiary/aromatic N) is 2. The van der Waals surface area contributed by atoms with E-state index in [-0.39, 0.29) is 24.0 Å². The lowest BCUT2D eigenvalue weighted by Crippen LogP contribution is -2.35. The van der Waals surface area contributed by atoms with E-state index in [1.807, 2.05) is 18.2 Å². The van der Waals surface area contributed by atoms with Crippen LogP contribution in [-0.2, 0) is 4.79 Å². The number of carbonyl (C=O) groups excluding carboxylic acids is 1. The van der Waals surface area contributed by atoms with Crippen LogP contribution in [0.25, 0.3) is 0 Å². The third-order valence-electron chi connectivity index (χ3n) is 3.34. The maximum atomic E-state index is 12.5. The molecular weight excluding hydrogens is 308 g/mol. The number of carbonyl (C=O) groups is 1. The van der Waals surface area contributed by atoms with Gasteiger partial charge in [-0.1, -0.05) is 30.3 Å². The summed E-state index contributed by atoms with van der Waals surface area (Å²) in [5, 5.41) is 11.1. The predicted molar refractivity (Wildman–Crippen MR) is 92.3 cm³/mol. The van der Waals surface area contributed by atoms with Crippen molar-refractivity contribution in [2.45, 2.75) is 6.92 Å². The van der Waals surface area contributed by atoms with Gasteiger partial charge in [-0.3, -0.25) is 14.9 Å². The highest BCUT2D eigenvalue weighted by Gasteiger charge is 2.19. The highest BCUT2D eigenvalue weighted by Crippen LogP contribution is 2.27. The topological polar surface area (TPSA) is 72.7 Å². The summed E-state index contributed by atoms with van der Waals surface area (Å²) < 4.78 is 5.42. The summed E-state index contributed by atoms with van der Waals surface area (Å²) in [4.78, 5) is 24.5. The molecule has 0 atom stereocenters. The quantitative estimate of drug-likeness (QED) is 0.443. The molecule has 24 heavy (non-hydrogen) atoms. The molecule has 6 heteroatoms. The van der Waals surface area contributed by atoms with E-state index in [0.29, 0.717) is 12.2 Å². The minimum absolute atomic E-state index is 0.0833. The van der Waals surface area contributed by atoms with Crippen molar-refractivity contribution in [1.82, 2.24) is 0 Å². The average molecular weight is 326 g/mol. The van der Waals surface area contributed by atoms with Crippen molar-refractivity contribution < 1.29 is 14.5 Å². The Bertz CT molecular complexity index is 744. The summed E-state index contributed by atoms with van der Waals surface area (Å²) in [7, 11) is 0. The molecule has 0 heterocycles. The fraction of sp³-hybridized carbons (Fsp3) is 0.167. The van der Waals surface area contributed by atoms with Gasteiger partial charge >= 0.3 is 5.69 Å². The summed E-state index contributed by atoms with van der Waals surface area (Å²) in [6.07, 6.45) is 1.61. The van der Waals surface area contributed by atoms with E-state index in [1.54, 1.807) is 37.3 Å². The molecule has 6 nitrogen and oxygen atoms in total. The Labute approximate surface area is 140 Å². The van der Waals surface area contributed by atoms with Crippen LogP contribution >= 0.6 is 0 Å². The second-order valence-electron chi connectivity index (χ2n) is 5.15. The van der Waals surface area contributed by atoms with Gasteiger partial charge in [-0.2, -0.15) is 0 Å². The third kappa shape index (κ3) is 4.19. The Balaban J connectivity index is 2.15. The van der Waals surface area contributed by atoms with E-state index in [0.717, 1.165) is 5.56 Å². The van der Waals surface area contributed by atoms with Crippen molar-refractivity contribution >= 4 is 17.3 Å². The standard InChI is InChI=1S/C18H18N2O4/c1-3-11-19(15-7-5-4-6-8-15)18(21)13-24-17-12-14(2)9-10-16(17)20(22)23/h3-10,12H,1,11,13H2,2H3. The van der Waals surface area contributed by atoms with E-state index in [2.05, 4.69) is 6.58 Å². The maximum absolute atomic E-state index is 12.5. The third-order valence-corrected chi connectivity index (χ3v) is 3.34. The van der Waals surface area contributed by atoms with Gasteiger partial charge in [0.15, 0.2) is 12.4 Å². The first-order valence-electron chi connectivity index (χ1n) is 7.37. The fourth-order valence-electron chi connectivity index (χ4n) is 2.19. The second kappa shape index (κ2) is 7.92. The number of ether oxygens (including phenoxy) is 1. The normalized spacial score (nSPS) is 10.0. The number of benzene rings is 2. The van der Waals surface area contributed by atoms with Gasteiger partial charge in [0.2, 0.25) is 0 Å². The summed E-state index contributed by atoms with van der Waals surface area (Å²) in [6, 6.07) is 13.6. The maximum Gasteiger partial charge on any atom is 0.310 e. The Morgan fingerprint density at radius 1 is 1.29 bits per heavy atom. The van der Waals surface area contributed by atoms with Crippen LogP contribution in [0.2, 0.25) is 0 Å². The predicted octanol–water partition coefficient (Wildman–Crippen LogP) is 3.50.